The minimum Gasteiger partial charge on any atom is -0.444 e. The molecule has 0 atom stereocenters. The highest BCUT2D eigenvalue weighted by Crippen LogP contribution is 2.20. The highest BCUT2D eigenvalue weighted by Gasteiger charge is 2.26. The van der Waals surface area contributed by atoms with E-state index >= 15 is 0 Å². The molecule has 1 saturated heterocycles. The fourth-order valence-corrected chi connectivity index (χ4v) is 2.95. The van der Waals surface area contributed by atoms with Gasteiger partial charge in [0.05, 0.1) is 0 Å². The van der Waals surface area contributed by atoms with Crippen LogP contribution in [-0.2, 0) is 11.3 Å². The van der Waals surface area contributed by atoms with Crippen LogP contribution in [0.3, 0.4) is 0 Å². The third kappa shape index (κ3) is 6.58. The minimum atomic E-state index is -0.432. The van der Waals surface area contributed by atoms with Gasteiger partial charge in [-0.2, -0.15) is 0 Å². The van der Waals surface area contributed by atoms with E-state index in [4.69, 9.17) is 4.74 Å². The molecule has 5 nitrogen and oxygen atoms in total. The van der Waals surface area contributed by atoms with Crippen LogP contribution in [0.1, 0.15) is 46.1 Å². The second-order valence-electron chi connectivity index (χ2n) is 7.92. The summed E-state index contributed by atoms with van der Waals surface area (Å²) in [6.45, 7) is 11.4. The second-order valence-corrected chi connectivity index (χ2v) is 7.92. The molecule has 0 saturated carbocycles. The lowest BCUT2D eigenvalue weighted by atomic mass is 10.0. The first-order chi connectivity index (χ1) is 11.8. The molecule has 0 aliphatic carbocycles. The predicted molar refractivity (Wildman–Crippen MR) is 103 cm³/mol. The number of carbonyl (C=O) groups is 1. The molecule has 1 aliphatic rings. The summed E-state index contributed by atoms with van der Waals surface area (Å²) in [6, 6.07) is 9.03. The van der Waals surface area contributed by atoms with Crippen LogP contribution >= 0.6 is 0 Å². The Labute approximate surface area is 152 Å². The van der Waals surface area contributed by atoms with Crippen LogP contribution in [0.5, 0.6) is 0 Å². The third-order valence-electron chi connectivity index (χ3n) is 4.44. The van der Waals surface area contributed by atoms with Gasteiger partial charge in [-0.05, 0) is 64.9 Å². The van der Waals surface area contributed by atoms with Crippen molar-refractivity contribution in [3.05, 3.63) is 29.8 Å². The van der Waals surface area contributed by atoms with Crippen LogP contribution in [-0.4, -0.2) is 54.2 Å². The average Bonchev–Trinajstić information content (AvgIpc) is 2.54. The fourth-order valence-electron chi connectivity index (χ4n) is 2.95. The molecule has 0 radical (unpaired) electrons. The molecule has 140 valence electrons. The summed E-state index contributed by atoms with van der Waals surface area (Å²) in [4.78, 5) is 16.2. The molecule has 1 aliphatic heterocycles. The SMILES string of the molecule is CCN(C)Cc1cccc(NC2CCN(C(=O)OC(C)(C)C)CC2)c1. The Balaban J connectivity index is 1.84. The van der Waals surface area contributed by atoms with Crippen molar-refractivity contribution in [2.24, 2.45) is 0 Å². The van der Waals surface area contributed by atoms with Gasteiger partial charge in [0.2, 0.25) is 0 Å². The van der Waals surface area contributed by atoms with E-state index in [1.165, 1.54) is 5.56 Å². The van der Waals surface area contributed by atoms with Gasteiger partial charge >= 0.3 is 6.09 Å². The van der Waals surface area contributed by atoms with E-state index in [-0.39, 0.29) is 6.09 Å². The molecule has 0 aromatic heterocycles. The van der Waals surface area contributed by atoms with Crippen molar-refractivity contribution < 1.29 is 9.53 Å². The van der Waals surface area contributed by atoms with E-state index < -0.39 is 5.60 Å². The van der Waals surface area contributed by atoms with Gasteiger partial charge in [0, 0.05) is 31.4 Å². The van der Waals surface area contributed by atoms with Crippen molar-refractivity contribution in [3.63, 3.8) is 0 Å². The zero-order valence-electron chi connectivity index (χ0n) is 16.3. The van der Waals surface area contributed by atoms with Gasteiger partial charge in [0.25, 0.3) is 0 Å². The largest absolute Gasteiger partial charge is 0.444 e. The number of nitrogens with one attached hydrogen (secondary N) is 1. The van der Waals surface area contributed by atoms with Crippen LogP contribution < -0.4 is 5.32 Å². The first-order valence-electron chi connectivity index (χ1n) is 9.29. The van der Waals surface area contributed by atoms with E-state index in [2.05, 4.69) is 48.5 Å². The van der Waals surface area contributed by atoms with Gasteiger partial charge in [-0.1, -0.05) is 19.1 Å². The van der Waals surface area contributed by atoms with Crippen molar-refractivity contribution in [1.82, 2.24) is 9.80 Å². The molecule has 1 fully saturated rings. The van der Waals surface area contributed by atoms with Crippen molar-refractivity contribution in [1.29, 1.82) is 0 Å². The number of anilines is 1. The number of amides is 1. The topological polar surface area (TPSA) is 44.8 Å². The van der Waals surface area contributed by atoms with Crippen LogP contribution in [0.4, 0.5) is 10.5 Å². The average molecular weight is 348 g/mol. The maximum atomic E-state index is 12.1. The summed E-state index contributed by atoms with van der Waals surface area (Å²) in [5.41, 5.74) is 2.05. The molecule has 1 amide bonds. The van der Waals surface area contributed by atoms with Crippen molar-refractivity contribution in [2.75, 3.05) is 32.0 Å². The zero-order valence-corrected chi connectivity index (χ0v) is 16.3. The lowest BCUT2D eigenvalue weighted by molar-refractivity contribution is 0.0210. The van der Waals surface area contributed by atoms with Crippen molar-refractivity contribution in [2.45, 2.75) is 58.7 Å². The number of ether oxygens (including phenoxy) is 1. The lowest BCUT2D eigenvalue weighted by Gasteiger charge is -2.34. The molecule has 1 aromatic carbocycles. The summed E-state index contributed by atoms with van der Waals surface area (Å²) in [6.07, 6.45) is 1.69. The Kier molecular flexibility index (Phi) is 6.71. The third-order valence-corrected chi connectivity index (χ3v) is 4.44. The van der Waals surface area contributed by atoms with E-state index in [0.717, 1.165) is 44.7 Å². The van der Waals surface area contributed by atoms with Gasteiger partial charge in [0.1, 0.15) is 5.60 Å². The maximum absolute atomic E-state index is 12.1. The normalized spacial score (nSPS) is 16.2. The predicted octanol–water partition coefficient (Wildman–Crippen LogP) is 3.95. The summed E-state index contributed by atoms with van der Waals surface area (Å²) in [5.74, 6) is 0. The van der Waals surface area contributed by atoms with E-state index in [1.807, 2.05) is 25.7 Å². The zero-order chi connectivity index (χ0) is 18.4. The number of carbonyl (C=O) groups excluding carboxylic acids is 1. The minimum absolute atomic E-state index is 0.199. The van der Waals surface area contributed by atoms with Crippen molar-refractivity contribution in [3.8, 4) is 0 Å². The number of hydrogen-bond donors (Lipinski definition) is 1. The Bertz CT molecular complexity index is 560. The standard InChI is InChI=1S/C20H33N3O2/c1-6-22(5)15-16-8-7-9-18(14-16)21-17-10-12-23(13-11-17)19(24)25-20(2,3)4/h7-9,14,17,21H,6,10-13,15H2,1-5H3. The molecule has 0 bridgehead atoms. The quantitative estimate of drug-likeness (QED) is 0.876. The number of piperidine rings is 1. The van der Waals surface area contributed by atoms with Gasteiger partial charge in [0.15, 0.2) is 0 Å². The Morgan fingerprint density at radius 3 is 2.60 bits per heavy atom. The van der Waals surface area contributed by atoms with Gasteiger partial charge in [-0.25, -0.2) is 4.79 Å². The molecular formula is C20H33N3O2. The number of hydrogen-bond acceptors (Lipinski definition) is 4. The van der Waals surface area contributed by atoms with Gasteiger partial charge in [-0.15, -0.1) is 0 Å². The highest BCUT2D eigenvalue weighted by molar-refractivity contribution is 5.68. The molecule has 25 heavy (non-hydrogen) atoms. The summed E-state index contributed by atoms with van der Waals surface area (Å²) >= 11 is 0. The number of nitrogens with zero attached hydrogens (tertiary/aromatic N) is 2. The molecule has 2 rings (SSSR count). The van der Waals surface area contributed by atoms with Gasteiger partial charge in [-0.3, -0.25) is 0 Å². The lowest BCUT2D eigenvalue weighted by Crippen LogP contribution is -2.44. The molecular weight excluding hydrogens is 314 g/mol. The fraction of sp³-hybridized carbons (Fsp3) is 0.650. The Morgan fingerprint density at radius 2 is 2.00 bits per heavy atom. The molecule has 1 aromatic rings. The summed E-state index contributed by atoms with van der Waals surface area (Å²) < 4.78 is 5.46. The molecule has 5 heteroatoms. The summed E-state index contributed by atoms with van der Waals surface area (Å²) in [7, 11) is 2.13. The molecule has 1 heterocycles. The monoisotopic (exact) mass is 347 g/mol. The summed E-state index contributed by atoms with van der Waals surface area (Å²) in [5, 5.41) is 3.62. The number of rotatable bonds is 5. The van der Waals surface area contributed by atoms with E-state index in [1.54, 1.807) is 0 Å². The Hall–Kier alpha value is -1.75. The highest BCUT2D eigenvalue weighted by atomic mass is 16.6. The van der Waals surface area contributed by atoms with Gasteiger partial charge < -0.3 is 19.9 Å². The number of benzene rings is 1. The maximum Gasteiger partial charge on any atom is 0.410 e. The molecule has 1 N–H and O–H groups in total. The van der Waals surface area contributed by atoms with Crippen LogP contribution in [0, 0.1) is 0 Å². The van der Waals surface area contributed by atoms with Crippen LogP contribution in [0.2, 0.25) is 0 Å². The first-order valence-corrected chi connectivity index (χ1v) is 9.29. The molecule has 0 spiro atoms. The van der Waals surface area contributed by atoms with Crippen LogP contribution in [0.25, 0.3) is 0 Å². The van der Waals surface area contributed by atoms with E-state index in [0.29, 0.717) is 6.04 Å². The Morgan fingerprint density at radius 1 is 1.32 bits per heavy atom. The molecule has 0 unspecified atom stereocenters. The van der Waals surface area contributed by atoms with Crippen molar-refractivity contribution >= 4 is 11.8 Å². The smallest absolute Gasteiger partial charge is 0.410 e. The van der Waals surface area contributed by atoms with Crippen LogP contribution in [0.15, 0.2) is 24.3 Å². The van der Waals surface area contributed by atoms with E-state index in [9.17, 15) is 4.79 Å². The number of likely N-dealkylation sites (tertiary alicyclic amines) is 1. The second kappa shape index (κ2) is 8.56. The first kappa shape index (κ1) is 19.6.